The third kappa shape index (κ3) is 2.08. The Hall–Kier alpha value is -0.860. The minimum absolute atomic E-state index is 0.00569. The fraction of sp³-hybridized carbons (Fsp3) is 0.800. The summed E-state index contributed by atoms with van der Waals surface area (Å²) in [5.41, 5.74) is 0.00569. The lowest BCUT2D eigenvalue weighted by atomic mass is 10.1. The van der Waals surface area contributed by atoms with Crippen LogP contribution in [0.15, 0.2) is 0 Å². The molecular formula is C10H15O3-. The second kappa shape index (κ2) is 3.13. The Morgan fingerprint density at radius 1 is 1.23 bits per heavy atom. The van der Waals surface area contributed by atoms with Gasteiger partial charge in [-0.2, -0.15) is 0 Å². The van der Waals surface area contributed by atoms with E-state index in [9.17, 15) is 14.7 Å². The lowest BCUT2D eigenvalue weighted by molar-refractivity contribution is -0.306. The molecule has 1 fully saturated rings. The molecule has 1 rings (SSSR count). The highest BCUT2D eigenvalue weighted by molar-refractivity contribution is 5.76. The number of rotatable bonds is 4. The molecule has 0 spiro atoms. The van der Waals surface area contributed by atoms with Crippen molar-refractivity contribution in [1.29, 1.82) is 0 Å². The van der Waals surface area contributed by atoms with Crippen molar-refractivity contribution in [2.75, 3.05) is 0 Å². The second-order valence-corrected chi connectivity index (χ2v) is 4.52. The van der Waals surface area contributed by atoms with Crippen molar-refractivity contribution in [2.24, 2.45) is 17.3 Å². The van der Waals surface area contributed by atoms with Crippen LogP contribution in [0.5, 0.6) is 0 Å². The molecule has 1 aliphatic carbocycles. The normalized spacial score (nSPS) is 29.8. The predicted molar refractivity (Wildman–Crippen MR) is 45.7 cm³/mol. The van der Waals surface area contributed by atoms with Crippen LogP contribution >= 0.6 is 0 Å². The maximum atomic E-state index is 10.9. The van der Waals surface area contributed by atoms with Gasteiger partial charge >= 0.3 is 0 Å². The van der Waals surface area contributed by atoms with Crippen LogP contribution in [-0.4, -0.2) is 11.8 Å². The first kappa shape index (κ1) is 10.2. The quantitative estimate of drug-likeness (QED) is 0.633. The largest absolute Gasteiger partial charge is 0.550 e. The lowest BCUT2D eigenvalue weighted by Gasteiger charge is -2.02. The summed E-state index contributed by atoms with van der Waals surface area (Å²) in [6, 6.07) is 0. The maximum absolute atomic E-state index is 10.9. The monoisotopic (exact) mass is 183 g/mol. The number of Topliss-reactive ketones (excluding diaryl/α,β-unsaturated/α-hetero) is 1. The fourth-order valence-electron chi connectivity index (χ4n) is 2.16. The SMILES string of the molecule is CC(=O)C[C@H]1[C@H](CC(=O)[O-])C1(C)C. The van der Waals surface area contributed by atoms with Gasteiger partial charge in [-0.05, 0) is 30.6 Å². The predicted octanol–water partition coefficient (Wildman–Crippen LogP) is 0.378. The molecule has 0 aliphatic heterocycles. The van der Waals surface area contributed by atoms with E-state index in [1.165, 1.54) is 0 Å². The summed E-state index contributed by atoms with van der Waals surface area (Å²) in [7, 11) is 0. The van der Waals surface area contributed by atoms with Gasteiger partial charge in [0.05, 0.1) is 0 Å². The molecule has 0 unspecified atom stereocenters. The van der Waals surface area contributed by atoms with Gasteiger partial charge in [-0.3, -0.25) is 0 Å². The number of ketones is 1. The zero-order valence-corrected chi connectivity index (χ0v) is 8.29. The van der Waals surface area contributed by atoms with Crippen molar-refractivity contribution in [2.45, 2.75) is 33.6 Å². The van der Waals surface area contributed by atoms with Gasteiger partial charge in [-0.1, -0.05) is 13.8 Å². The molecule has 3 heteroatoms. The van der Waals surface area contributed by atoms with Crippen molar-refractivity contribution < 1.29 is 14.7 Å². The van der Waals surface area contributed by atoms with E-state index in [0.717, 1.165) is 0 Å². The summed E-state index contributed by atoms with van der Waals surface area (Å²) in [6.45, 7) is 5.56. The summed E-state index contributed by atoms with van der Waals surface area (Å²) in [6.07, 6.45) is 0.593. The first-order valence-electron chi connectivity index (χ1n) is 4.55. The van der Waals surface area contributed by atoms with Gasteiger partial charge < -0.3 is 14.7 Å². The average Bonchev–Trinajstić information content (AvgIpc) is 2.36. The molecule has 0 N–H and O–H groups in total. The standard InChI is InChI=1S/C10H16O3/c1-6(11)4-7-8(5-9(12)13)10(7,2)3/h7-8H,4-5H2,1-3H3,(H,12,13)/p-1/t7-,8-/m0/s1. The number of carbonyl (C=O) groups is 2. The summed E-state index contributed by atoms with van der Waals surface area (Å²) in [5.74, 6) is -0.507. The van der Waals surface area contributed by atoms with E-state index in [-0.39, 0.29) is 29.5 Å². The summed E-state index contributed by atoms with van der Waals surface area (Å²) < 4.78 is 0. The van der Waals surface area contributed by atoms with Crippen LogP contribution in [0.2, 0.25) is 0 Å². The van der Waals surface area contributed by atoms with Crippen LogP contribution in [0.3, 0.4) is 0 Å². The van der Waals surface area contributed by atoms with Crippen molar-refractivity contribution in [3.63, 3.8) is 0 Å². The molecule has 1 aliphatic rings. The van der Waals surface area contributed by atoms with Crippen molar-refractivity contribution in [3.8, 4) is 0 Å². The van der Waals surface area contributed by atoms with Gasteiger partial charge in [-0.15, -0.1) is 0 Å². The Bertz CT molecular complexity index is 219. The Kier molecular flexibility index (Phi) is 2.46. The molecule has 0 aromatic rings. The Morgan fingerprint density at radius 3 is 2.08 bits per heavy atom. The Balaban J connectivity index is 2.50. The van der Waals surface area contributed by atoms with Crippen LogP contribution in [0.1, 0.15) is 33.6 Å². The minimum Gasteiger partial charge on any atom is -0.550 e. The molecule has 3 nitrogen and oxygen atoms in total. The molecule has 0 aromatic heterocycles. The average molecular weight is 183 g/mol. The molecule has 0 saturated heterocycles. The van der Waals surface area contributed by atoms with Crippen molar-refractivity contribution in [1.82, 2.24) is 0 Å². The summed E-state index contributed by atoms with van der Waals surface area (Å²) >= 11 is 0. The van der Waals surface area contributed by atoms with Gasteiger partial charge in [0, 0.05) is 12.4 Å². The van der Waals surface area contributed by atoms with Crippen LogP contribution < -0.4 is 5.11 Å². The molecule has 0 bridgehead atoms. The van der Waals surface area contributed by atoms with Gasteiger partial charge in [-0.25, -0.2) is 0 Å². The Morgan fingerprint density at radius 2 is 1.69 bits per heavy atom. The number of carboxylic acids is 1. The molecule has 0 aromatic carbocycles. The van der Waals surface area contributed by atoms with Crippen molar-refractivity contribution in [3.05, 3.63) is 0 Å². The van der Waals surface area contributed by atoms with Gasteiger partial charge in [0.1, 0.15) is 5.78 Å². The highest BCUT2D eigenvalue weighted by atomic mass is 16.4. The first-order valence-corrected chi connectivity index (χ1v) is 4.55. The van der Waals surface area contributed by atoms with Crippen molar-refractivity contribution >= 4 is 11.8 Å². The molecule has 1 saturated carbocycles. The third-order valence-electron chi connectivity index (χ3n) is 3.18. The summed E-state index contributed by atoms with van der Waals surface area (Å²) in [4.78, 5) is 21.2. The molecule has 0 amide bonds. The number of aliphatic carboxylic acids is 1. The first-order chi connectivity index (χ1) is 5.85. The van der Waals surface area contributed by atoms with E-state index in [1.54, 1.807) is 6.92 Å². The molecule has 0 heterocycles. The number of hydrogen-bond acceptors (Lipinski definition) is 3. The minimum atomic E-state index is -1.01. The van der Waals surface area contributed by atoms with Gasteiger partial charge in [0.15, 0.2) is 0 Å². The van der Waals surface area contributed by atoms with E-state index in [1.807, 2.05) is 13.8 Å². The summed E-state index contributed by atoms with van der Waals surface area (Å²) in [5, 5.41) is 10.4. The smallest absolute Gasteiger partial charge is 0.130 e. The van der Waals surface area contributed by atoms with E-state index in [0.29, 0.717) is 6.42 Å². The van der Waals surface area contributed by atoms with E-state index in [2.05, 4.69) is 0 Å². The van der Waals surface area contributed by atoms with Crippen LogP contribution in [0.25, 0.3) is 0 Å². The maximum Gasteiger partial charge on any atom is 0.130 e. The van der Waals surface area contributed by atoms with E-state index < -0.39 is 5.97 Å². The molecule has 13 heavy (non-hydrogen) atoms. The lowest BCUT2D eigenvalue weighted by Crippen LogP contribution is -2.23. The molecule has 74 valence electrons. The van der Waals surface area contributed by atoms with Gasteiger partial charge in [0.25, 0.3) is 0 Å². The van der Waals surface area contributed by atoms with E-state index >= 15 is 0 Å². The number of carbonyl (C=O) groups excluding carboxylic acids is 2. The number of carboxylic acid groups (broad SMARTS) is 1. The molecule has 0 radical (unpaired) electrons. The van der Waals surface area contributed by atoms with Crippen LogP contribution in [0.4, 0.5) is 0 Å². The Labute approximate surface area is 78.1 Å². The van der Waals surface area contributed by atoms with Crippen LogP contribution in [0, 0.1) is 17.3 Å². The number of hydrogen-bond donors (Lipinski definition) is 0. The third-order valence-corrected chi connectivity index (χ3v) is 3.18. The zero-order valence-electron chi connectivity index (χ0n) is 8.29. The molecular weight excluding hydrogens is 168 g/mol. The zero-order chi connectivity index (χ0) is 10.2. The van der Waals surface area contributed by atoms with Gasteiger partial charge in [0.2, 0.25) is 0 Å². The topological polar surface area (TPSA) is 57.2 Å². The van der Waals surface area contributed by atoms with Crippen LogP contribution in [-0.2, 0) is 9.59 Å². The second-order valence-electron chi connectivity index (χ2n) is 4.52. The highest BCUT2D eigenvalue weighted by Crippen LogP contribution is 2.61. The highest BCUT2D eigenvalue weighted by Gasteiger charge is 2.56. The molecule has 2 atom stereocenters. The fourth-order valence-corrected chi connectivity index (χ4v) is 2.16. The van der Waals surface area contributed by atoms with E-state index in [4.69, 9.17) is 0 Å².